The molecule has 4 rings (SSSR count). The van der Waals surface area contributed by atoms with E-state index in [1.54, 1.807) is 30.2 Å². The van der Waals surface area contributed by atoms with E-state index < -0.39 is 10.0 Å². The third kappa shape index (κ3) is 4.36. The number of carbonyl (C=O) groups is 1. The number of piperazine rings is 1. The molecule has 0 spiro atoms. The molecule has 11 heteroatoms. The molecule has 0 atom stereocenters. The van der Waals surface area contributed by atoms with Gasteiger partial charge in [0.1, 0.15) is 0 Å². The van der Waals surface area contributed by atoms with Gasteiger partial charge in [0.2, 0.25) is 15.9 Å². The summed E-state index contributed by atoms with van der Waals surface area (Å²) in [6.45, 7) is 1.04. The van der Waals surface area contributed by atoms with E-state index in [9.17, 15) is 18.0 Å². The fourth-order valence-electron chi connectivity index (χ4n) is 3.69. The molecular formula is C21H23N3O6S2. The van der Waals surface area contributed by atoms with Crippen molar-refractivity contribution in [3.05, 3.63) is 51.6 Å². The Morgan fingerprint density at radius 1 is 1.03 bits per heavy atom. The summed E-state index contributed by atoms with van der Waals surface area (Å²) in [6, 6.07) is 9.94. The van der Waals surface area contributed by atoms with Gasteiger partial charge < -0.3 is 19.4 Å². The van der Waals surface area contributed by atoms with Crippen LogP contribution in [-0.2, 0) is 21.2 Å². The molecule has 0 unspecified atom stereocenters. The lowest BCUT2D eigenvalue weighted by atomic mass is 10.1. The largest absolute Gasteiger partial charge is 0.493 e. The Morgan fingerprint density at radius 2 is 1.75 bits per heavy atom. The fourth-order valence-corrected chi connectivity index (χ4v) is 5.99. The minimum absolute atomic E-state index is 0.0761. The van der Waals surface area contributed by atoms with Crippen molar-refractivity contribution in [3.8, 4) is 11.5 Å². The molecule has 9 nitrogen and oxygen atoms in total. The molecular weight excluding hydrogens is 454 g/mol. The number of fused-ring (bicyclic) bond motifs is 1. The van der Waals surface area contributed by atoms with Crippen LogP contribution in [0, 0.1) is 0 Å². The van der Waals surface area contributed by atoms with Crippen molar-refractivity contribution in [3.63, 3.8) is 0 Å². The van der Waals surface area contributed by atoms with Crippen LogP contribution < -0.4 is 14.3 Å². The second kappa shape index (κ2) is 8.93. The average molecular weight is 478 g/mol. The van der Waals surface area contributed by atoms with E-state index in [0.717, 1.165) is 16.9 Å². The second-order valence-corrected chi connectivity index (χ2v) is 10.3. The molecule has 1 aliphatic rings. The van der Waals surface area contributed by atoms with Crippen molar-refractivity contribution < 1.29 is 22.7 Å². The van der Waals surface area contributed by atoms with Gasteiger partial charge in [0.15, 0.2) is 11.5 Å². The molecule has 1 amide bonds. The van der Waals surface area contributed by atoms with Crippen LogP contribution in [0.15, 0.2) is 46.1 Å². The van der Waals surface area contributed by atoms with Crippen LogP contribution in [-0.4, -0.2) is 68.9 Å². The number of methoxy groups -OCH3 is 2. The summed E-state index contributed by atoms with van der Waals surface area (Å²) < 4.78 is 38.6. The molecule has 1 saturated heterocycles. The molecule has 0 aliphatic carbocycles. The molecule has 0 bridgehead atoms. The summed E-state index contributed by atoms with van der Waals surface area (Å²) in [7, 11) is -0.625. The zero-order chi connectivity index (χ0) is 22.9. The highest BCUT2D eigenvalue weighted by molar-refractivity contribution is 7.89. The summed E-state index contributed by atoms with van der Waals surface area (Å²) in [5.41, 5.74) is 1.41. The molecule has 2 aromatic carbocycles. The van der Waals surface area contributed by atoms with Crippen LogP contribution in [0.1, 0.15) is 5.56 Å². The first-order chi connectivity index (χ1) is 15.3. The van der Waals surface area contributed by atoms with Gasteiger partial charge in [-0.25, -0.2) is 8.42 Å². The molecule has 0 radical (unpaired) electrons. The minimum atomic E-state index is -3.71. The molecule has 2 heterocycles. The number of hydrogen-bond donors (Lipinski definition) is 1. The van der Waals surface area contributed by atoms with Gasteiger partial charge in [-0.15, -0.1) is 0 Å². The number of benzene rings is 2. The SMILES string of the molecule is COc1ccc(CC(=O)N2CCN(S(=O)(=O)c3ccc4[nH]c(=O)sc4c3)CC2)cc1OC. The Kier molecular flexibility index (Phi) is 6.22. The first-order valence-corrected chi connectivity index (χ1v) is 12.2. The fraction of sp³-hybridized carbons (Fsp3) is 0.333. The predicted molar refractivity (Wildman–Crippen MR) is 121 cm³/mol. The van der Waals surface area contributed by atoms with Crippen molar-refractivity contribution >= 4 is 37.5 Å². The van der Waals surface area contributed by atoms with E-state index in [2.05, 4.69) is 4.98 Å². The lowest BCUT2D eigenvalue weighted by molar-refractivity contribution is -0.131. The number of carbonyl (C=O) groups excluding carboxylic acids is 1. The Morgan fingerprint density at radius 3 is 2.44 bits per heavy atom. The van der Waals surface area contributed by atoms with Crippen LogP contribution in [0.2, 0.25) is 0 Å². The van der Waals surface area contributed by atoms with Gasteiger partial charge >= 0.3 is 4.87 Å². The van der Waals surface area contributed by atoms with E-state index in [0.29, 0.717) is 34.8 Å². The summed E-state index contributed by atoms with van der Waals surface area (Å²) in [5.74, 6) is 1.07. The molecule has 170 valence electrons. The summed E-state index contributed by atoms with van der Waals surface area (Å²) >= 11 is 0.975. The lowest BCUT2D eigenvalue weighted by Crippen LogP contribution is -2.50. The maximum Gasteiger partial charge on any atom is 0.305 e. The number of rotatable bonds is 6. The van der Waals surface area contributed by atoms with Gasteiger partial charge in [0.25, 0.3) is 0 Å². The molecule has 1 fully saturated rings. The van der Waals surface area contributed by atoms with Crippen molar-refractivity contribution in [1.29, 1.82) is 0 Å². The molecule has 3 aromatic rings. The van der Waals surface area contributed by atoms with Gasteiger partial charge in [-0.2, -0.15) is 4.31 Å². The molecule has 32 heavy (non-hydrogen) atoms. The number of nitrogens with zero attached hydrogens (tertiary/aromatic N) is 2. The van der Waals surface area contributed by atoms with E-state index in [1.165, 1.54) is 23.5 Å². The van der Waals surface area contributed by atoms with E-state index in [1.807, 2.05) is 6.07 Å². The zero-order valence-electron chi connectivity index (χ0n) is 17.7. The average Bonchev–Trinajstić information content (AvgIpc) is 3.18. The quantitative estimate of drug-likeness (QED) is 0.579. The lowest BCUT2D eigenvalue weighted by Gasteiger charge is -2.34. The number of nitrogens with one attached hydrogen (secondary N) is 1. The number of hydrogen-bond acceptors (Lipinski definition) is 7. The zero-order valence-corrected chi connectivity index (χ0v) is 19.3. The molecule has 0 saturated carbocycles. The third-order valence-corrected chi connectivity index (χ3v) is 8.16. The van der Waals surface area contributed by atoms with Gasteiger partial charge in [0.05, 0.1) is 35.8 Å². The van der Waals surface area contributed by atoms with Gasteiger partial charge in [0, 0.05) is 26.2 Å². The van der Waals surface area contributed by atoms with E-state index >= 15 is 0 Å². The highest BCUT2D eigenvalue weighted by Crippen LogP contribution is 2.28. The third-order valence-electron chi connectivity index (χ3n) is 5.42. The highest BCUT2D eigenvalue weighted by Gasteiger charge is 2.30. The first-order valence-electron chi connectivity index (χ1n) is 9.93. The molecule has 1 aliphatic heterocycles. The van der Waals surface area contributed by atoms with Crippen molar-refractivity contribution in [2.24, 2.45) is 0 Å². The van der Waals surface area contributed by atoms with Crippen LogP contribution in [0.4, 0.5) is 0 Å². The van der Waals surface area contributed by atoms with Crippen LogP contribution in [0.25, 0.3) is 10.2 Å². The maximum absolute atomic E-state index is 13.0. The van der Waals surface area contributed by atoms with Gasteiger partial charge in [-0.3, -0.25) is 9.59 Å². The van der Waals surface area contributed by atoms with E-state index in [4.69, 9.17) is 9.47 Å². The normalized spacial score (nSPS) is 15.1. The molecule has 1 N–H and O–H groups in total. The number of sulfonamides is 1. The Balaban J connectivity index is 1.41. The predicted octanol–water partition coefficient (Wildman–Crippen LogP) is 1.68. The van der Waals surface area contributed by atoms with E-state index in [-0.39, 0.29) is 35.2 Å². The number of thiazole rings is 1. The smallest absolute Gasteiger partial charge is 0.305 e. The summed E-state index contributed by atoms with van der Waals surface area (Å²) in [5, 5.41) is 0. The van der Waals surface area contributed by atoms with Crippen LogP contribution in [0.5, 0.6) is 11.5 Å². The van der Waals surface area contributed by atoms with Crippen LogP contribution >= 0.6 is 11.3 Å². The van der Waals surface area contributed by atoms with Crippen molar-refractivity contribution in [2.75, 3.05) is 40.4 Å². The Labute approximate surface area is 189 Å². The summed E-state index contributed by atoms with van der Waals surface area (Å²) in [6.07, 6.45) is 0.191. The second-order valence-electron chi connectivity index (χ2n) is 7.32. The maximum atomic E-state index is 13.0. The number of amides is 1. The minimum Gasteiger partial charge on any atom is -0.493 e. The summed E-state index contributed by atoms with van der Waals surface area (Å²) in [4.78, 5) is 28.5. The topological polar surface area (TPSA) is 109 Å². The van der Waals surface area contributed by atoms with Crippen molar-refractivity contribution in [2.45, 2.75) is 11.3 Å². The Bertz CT molecular complexity index is 1310. The first kappa shape index (κ1) is 22.3. The van der Waals surface area contributed by atoms with Gasteiger partial charge in [-0.05, 0) is 35.9 Å². The number of H-pyrrole nitrogens is 1. The standard InChI is InChI=1S/C21H23N3O6S2/c1-29-17-6-3-14(11-18(17)30-2)12-20(25)23-7-9-24(10-8-23)32(27,28)15-4-5-16-19(13-15)31-21(26)22-16/h3-6,11,13H,7-10,12H2,1-2H3,(H,22,26). The van der Waals surface area contributed by atoms with Gasteiger partial charge in [-0.1, -0.05) is 17.4 Å². The Hall–Kier alpha value is -2.89. The van der Waals surface area contributed by atoms with Crippen molar-refractivity contribution in [1.82, 2.24) is 14.2 Å². The van der Waals surface area contributed by atoms with Crippen LogP contribution in [0.3, 0.4) is 0 Å². The monoisotopic (exact) mass is 477 g/mol. The number of aromatic nitrogens is 1. The number of ether oxygens (including phenoxy) is 2. The number of aromatic amines is 1. The highest BCUT2D eigenvalue weighted by atomic mass is 32.2. The molecule has 1 aromatic heterocycles.